The molecular weight excluding hydrogens is 334 g/mol. The summed E-state index contributed by atoms with van der Waals surface area (Å²) in [7, 11) is -3.82. The largest absolute Gasteiger partial charge is 0.465 e. The van der Waals surface area contributed by atoms with E-state index in [1.165, 1.54) is 17.0 Å². The standard InChI is InChI=1S/C16H21NO6S/c1-12-2-4-14(5-3-12)24(20,21)23-13-10-16(22-11-13)6-8-17(9-7-16)15(18)19/h2-5,13H,6-11H2,1H3,(H,18,19)/t13-/m1/s1. The van der Waals surface area contributed by atoms with Crippen LogP contribution >= 0.6 is 0 Å². The van der Waals surface area contributed by atoms with E-state index < -0.39 is 27.9 Å². The fourth-order valence-corrected chi connectivity index (χ4v) is 4.32. The van der Waals surface area contributed by atoms with Crippen LogP contribution < -0.4 is 0 Å². The van der Waals surface area contributed by atoms with E-state index in [0.29, 0.717) is 32.4 Å². The van der Waals surface area contributed by atoms with Crippen molar-refractivity contribution < 1.29 is 27.2 Å². The quantitative estimate of drug-likeness (QED) is 0.834. The van der Waals surface area contributed by atoms with E-state index in [-0.39, 0.29) is 11.5 Å². The first-order valence-corrected chi connectivity index (χ1v) is 9.32. The van der Waals surface area contributed by atoms with Gasteiger partial charge in [0.05, 0.1) is 17.1 Å². The molecule has 0 saturated carbocycles. The molecule has 2 aliphatic heterocycles. The van der Waals surface area contributed by atoms with Crippen LogP contribution in [-0.4, -0.2) is 55.9 Å². The van der Waals surface area contributed by atoms with Gasteiger partial charge in [0.1, 0.15) is 6.10 Å². The van der Waals surface area contributed by atoms with Gasteiger partial charge in [0.25, 0.3) is 10.1 Å². The van der Waals surface area contributed by atoms with Gasteiger partial charge in [-0.3, -0.25) is 4.18 Å². The van der Waals surface area contributed by atoms with Crippen LogP contribution in [0.15, 0.2) is 29.2 Å². The zero-order valence-electron chi connectivity index (χ0n) is 13.5. The molecule has 8 heteroatoms. The average Bonchev–Trinajstić information content (AvgIpc) is 2.90. The third-order valence-electron chi connectivity index (χ3n) is 4.69. The Morgan fingerprint density at radius 2 is 1.92 bits per heavy atom. The maximum atomic E-state index is 12.3. The average molecular weight is 355 g/mol. The van der Waals surface area contributed by atoms with Gasteiger partial charge in [-0.15, -0.1) is 0 Å². The molecule has 2 fully saturated rings. The maximum absolute atomic E-state index is 12.3. The molecule has 0 aromatic heterocycles. The van der Waals surface area contributed by atoms with Crippen molar-refractivity contribution >= 4 is 16.2 Å². The van der Waals surface area contributed by atoms with Gasteiger partial charge in [-0.1, -0.05) is 17.7 Å². The second kappa shape index (κ2) is 6.34. The predicted molar refractivity (Wildman–Crippen MR) is 85.4 cm³/mol. The van der Waals surface area contributed by atoms with Crippen molar-refractivity contribution in [2.75, 3.05) is 19.7 Å². The molecule has 3 rings (SSSR count). The molecule has 0 unspecified atom stereocenters. The first-order valence-electron chi connectivity index (χ1n) is 7.91. The Hall–Kier alpha value is -1.64. The van der Waals surface area contributed by atoms with Gasteiger partial charge < -0.3 is 14.7 Å². The highest BCUT2D eigenvalue weighted by Crippen LogP contribution is 2.37. The number of hydrogen-bond acceptors (Lipinski definition) is 5. The summed E-state index contributed by atoms with van der Waals surface area (Å²) in [6.07, 6.45) is 0.115. The number of piperidine rings is 1. The Balaban J connectivity index is 1.62. The van der Waals surface area contributed by atoms with Crippen LogP contribution in [-0.2, 0) is 19.0 Å². The zero-order valence-corrected chi connectivity index (χ0v) is 14.3. The lowest BCUT2D eigenvalue weighted by molar-refractivity contribution is -0.0401. The molecule has 1 atom stereocenters. The van der Waals surface area contributed by atoms with Gasteiger partial charge in [-0.05, 0) is 31.9 Å². The number of amides is 1. The van der Waals surface area contributed by atoms with Gasteiger partial charge in [-0.25, -0.2) is 4.79 Å². The Kier molecular flexibility index (Phi) is 4.54. The van der Waals surface area contributed by atoms with Gasteiger partial charge in [-0.2, -0.15) is 8.42 Å². The molecule has 7 nitrogen and oxygen atoms in total. The van der Waals surface area contributed by atoms with E-state index in [1.54, 1.807) is 12.1 Å². The molecule has 0 bridgehead atoms. The molecule has 2 saturated heterocycles. The highest BCUT2D eigenvalue weighted by atomic mass is 32.2. The molecule has 1 aromatic rings. The first kappa shape index (κ1) is 17.2. The lowest BCUT2D eigenvalue weighted by atomic mass is 9.88. The van der Waals surface area contributed by atoms with Crippen LogP contribution in [0.2, 0.25) is 0 Å². The van der Waals surface area contributed by atoms with Gasteiger partial charge >= 0.3 is 6.09 Å². The molecule has 1 amide bonds. The minimum atomic E-state index is -3.82. The molecule has 1 N–H and O–H groups in total. The zero-order chi connectivity index (χ0) is 17.4. The lowest BCUT2D eigenvalue weighted by Crippen LogP contribution is -2.46. The molecular formula is C16H21NO6S. The topological polar surface area (TPSA) is 93.1 Å². The monoisotopic (exact) mass is 355 g/mol. The van der Waals surface area contributed by atoms with Crippen molar-refractivity contribution in [1.29, 1.82) is 0 Å². The Morgan fingerprint density at radius 1 is 1.29 bits per heavy atom. The van der Waals surface area contributed by atoms with E-state index in [4.69, 9.17) is 14.0 Å². The summed E-state index contributed by atoms with van der Waals surface area (Å²) in [6, 6.07) is 6.51. The number of benzene rings is 1. The summed E-state index contributed by atoms with van der Waals surface area (Å²) in [5.41, 5.74) is 0.502. The van der Waals surface area contributed by atoms with E-state index in [2.05, 4.69) is 0 Å². The summed E-state index contributed by atoms with van der Waals surface area (Å²) < 4.78 is 35.9. The van der Waals surface area contributed by atoms with Crippen molar-refractivity contribution in [3.63, 3.8) is 0 Å². The highest BCUT2D eigenvalue weighted by molar-refractivity contribution is 7.86. The molecule has 1 spiro atoms. The van der Waals surface area contributed by atoms with Crippen molar-refractivity contribution in [1.82, 2.24) is 4.90 Å². The minimum Gasteiger partial charge on any atom is -0.465 e. The van der Waals surface area contributed by atoms with Crippen molar-refractivity contribution in [3.05, 3.63) is 29.8 Å². The number of rotatable bonds is 3. The summed E-state index contributed by atoms with van der Waals surface area (Å²) >= 11 is 0. The number of carbonyl (C=O) groups is 1. The highest BCUT2D eigenvalue weighted by Gasteiger charge is 2.45. The van der Waals surface area contributed by atoms with E-state index in [1.807, 2.05) is 6.92 Å². The number of carboxylic acid groups (broad SMARTS) is 1. The maximum Gasteiger partial charge on any atom is 0.407 e. The number of nitrogens with zero attached hydrogens (tertiary/aromatic N) is 1. The SMILES string of the molecule is Cc1ccc(S(=O)(=O)O[C@H]2COC3(CCN(C(=O)O)CC3)C2)cc1. The Labute approximate surface area is 141 Å². The number of likely N-dealkylation sites (tertiary alicyclic amines) is 1. The lowest BCUT2D eigenvalue weighted by Gasteiger charge is -2.37. The number of hydrogen-bond donors (Lipinski definition) is 1. The van der Waals surface area contributed by atoms with Gasteiger partial charge in [0.2, 0.25) is 0 Å². The molecule has 132 valence electrons. The van der Waals surface area contributed by atoms with Crippen LogP contribution in [0.25, 0.3) is 0 Å². The third kappa shape index (κ3) is 3.55. The van der Waals surface area contributed by atoms with Crippen LogP contribution in [0.3, 0.4) is 0 Å². The Bertz CT molecular complexity index is 707. The second-order valence-electron chi connectivity index (χ2n) is 6.45. The smallest absolute Gasteiger partial charge is 0.407 e. The van der Waals surface area contributed by atoms with E-state index >= 15 is 0 Å². The summed E-state index contributed by atoms with van der Waals surface area (Å²) in [5.74, 6) is 0. The van der Waals surface area contributed by atoms with Crippen LogP contribution in [0.5, 0.6) is 0 Å². The van der Waals surface area contributed by atoms with Crippen molar-refractivity contribution in [2.45, 2.75) is 42.8 Å². The molecule has 2 aliphatic rings. The fourth-order valence-electron chi connectivity index (χ4n) is 3.26. The van der Waals surface area contributed by atoms with Crippen molar-refractivity contribution in [2.24, 2.45) is 0 Å². The van der Waals surface area contributed by atoms with Crippen LogP contribution in [0.1, 0.15) is 24.8 Å². The summed E-state index contributed by atoms with van der Waals surface area (Å²) in [4.78, 5) is 12.5. The van der Waals surface area contributed by atoms with Crippen molar-refractivity contribution in [3.8, 4) is 0 Å². The van der Waals surface area contributed by atoms with Crippen LogP contribution in [0, 0.1) is 6.92 Å². The molecule has 0 aliphatic carbocycles. The molecule has 24 heavy (non-hydrogen) atoms. The fraction of sp³-hybridized carbons (Fsp3) is 0.562. The van der Waals surface area contributed by atoms with Gasteiger partial charge in [0, 0.05) is 19.5 Å². The number of aryl methyl sites for hydroxylation is 1. The third-order valence-corrected chi connectivity index (χ3v) is 6.07. The van der Waals surface area contributed by atoms with E-state index in [0.717, 1.165) is 5.56 Å². The molecule has 1 aromatic carbocycles. The van der Waals surface area contributed by atoms with E-state index in [9.17, 15) is 13.2 Å². The van der Waals surface area contributed by atoms with Crippen LogP contribution in [0.4, 0.5) is 4.79 Å². The minimum absolute atomic E-state index is 0.134. The normalized spacial score (nSPS) is 23.5. The van der Waals surface area contributed by atoms with Gasteiger partial charge in [0.15, 0.2) is 0 Å². The molecule has 2 heterocycles. The Morgan fingerprint density at radius 3 is 2.50 bits per heavy atom. The second-order valence-corrected chi connectivity index (χ2v) is 8.03. The summed E-state index contributed by atoms with van der Waals surface area (Å²) in [6.45, 7) is 2.88. The number of ether oxygens (including phenoxy) is 1. The predicted octanol–water partition coefficient (Wildman–Crippen LogP) is 2.00. The first-order chi connectivity index (χ1) is 11.3. The summed E-state index contributed by atoms with van der Waals surface area (Å²) in [5, 5.41) is 9.00. The molecule has 0 radical (unpaired) electrons.